The third-order valence-electron chi connectivity index (χ3n) is 5.99. The average Bonchev–Trinajstić information content (AvgIpc) is 3.25. The number of halogens is 9. The predicted molar refractivity (Wildman–Crippen MR) is 98.1 cm³/mol. The number of pyridine rings is 1. The number of carbonyl (C=O) groups is 1. The van der Waals surface area contributed by atoms with Crippen LogP contribution in [-0.4, -0.2) is 61.7 Å². The summed E-state index contributed by atoms with van der Waals surface area (Å²) < 4.78 is 122. The zero-order chi connectivity index (χ0) is 25.9. The lowest BCUT2D eigenvalue weighted by atomic mass is 9.91. The van der Waals surface area contributed by atoms with Crippen LogP contribution >= 0.6 is 0 Å². The quantitative estimate of drug-likeness (QED) is 0.588. The Morgan fingerprint density at radius 2 is 1.71 bits per heavy atom. The van der Waals surface area contributed by atoms with E-state index in [2.05, 4.69) is 10.1 Å². The third kappa shape index (κ3) is 4.61. The number of hydrogen-bond acceptors (Lipinski definition) is 4. The first-order valence-electron chi connectivity index (χ1n) is 10.2. The summed E-state index contributed by atoms with van der Waals surface area (Å²) in [6.07, 6.45) is -15.1. The minimum absolute atomic E-state index is 0.437. The van der Waals surface area contributed by atoms with Gasteiger partial charge in [0.05, 0.1) is 25.6 Å². The van der Waals surface area contributed by atoms with E-state index in [1.54, 1.807) is 0 Å². The van der Waals surface area contributed by atoms with Gasteiger partial charge in [-0.05, 0) is 12.5 Å². The van der Waals surface area contributed by atoms with E-state index < -0.39 is 104 Å². The number of hydrogen-bond donors (Lipinski definition) is 0. The first-order chi connectivity index (χ1) is 16.2. The summed E-state index contributed by atoms with van der Waals surface area (Å²) in [7, 11) is 0. The number of nitrogens with zero attached hydrogens (tertiary/aromatic N) is 5. The maximum absolute atomic E-state index is 14.4. The molecule has 4 heterocycles. The zero-order valence-electron chi connectivity index (χ0n) is 17.5. The van der Waals surface area contributed by atoms with Crippen molar-refractivity contribution < 1.29 is 44.3 Å². The van der Waals surface area contributed by atoms with Crippen LogP contribution in [-0.2, 0) is 23.9 Å². The highest BCUT2D eigenvalue weighted by molar-refractivity contribution is 5.81. The fourth-order valence-electron chi connectivity index (χ4n) is 4.24. The number of carbonyl (C=O) groups excluding carboxylic acids is 1. The van der Waals surface area contributed by atoms with Crippen LogP contribution in [0.1, 0.15) is 29.5 Å². The van der Waals surface area contributed by atoms with E-state index in [-0.39, 0.29) is 0 Å². The molecule has 1 fully saturated rings. The van der Waals surface area contributed by atoms with Gasteiger partial charge in [-0.25, -0.2) is 27.6 Å². The Hall–Kier alpha value is -3.07. The summed E-state index contributed by atoms with van der Waals surface area (Å²) in [6.45, 7) is -2.32. The van der Waals surface area contributed by atoms with Crippen LogP contribution in [0.25, 0.3) is 0 Å². The Morgan fingerprint density at radius 3 is 2.29 bits per heavy atom. The third-order valence-corrected chi connectivity index (χ3v) is 5.99. The molecule has 0 aliphatic carbocycles. The van der Waals surface area contributed by atoms with Crippen molar-refractivity contribution in [1.29, 1.82) is 0 Å². The van der Waals surface area contributed by atoms with Crippen LogP contribution in [0.5, 0.6) is 0 Å². The van der Waals surface area contributed by atoms with Gasteiger partial charge in [0.2, 0.25) is 5.91 Å². The summed E-state index contributed by atoms with van der Waals surface area (Å²) in [5, 5.41) is 3.71. The molecule has 2 aliphatic heterocycles. The van der Waals surface area contributed by atoms with Crippen LogP contribution in [0.2, 0.25) is 0 Å². The molecule has 0 spiro atoms. The minimum Gasteiger partial charge on any atom is -0.335 e. The average molecular weight is 517 g/mol. The van der Waals surface area contributed by atoms with Gasteiger partial charge in [0.25, 0.3) is 0 Å². The van der Waals surface area contributed by atoms with Gasteiger partial charge in [0, 0.05) is 18.2 Å². The molecule has 0 radical (unpaired) electrons. The maximum Gasteiger partial charge on any atom is 0.436 e. The van der Waals surface area contributed by atoms with Gasteiger partial charge in [0.15, 0.2) is 23.9 Å². The number of likely N-dealkylation sites (tertiary alicyclic amines) is 1. The molecule has 7 nitrogen and oxygen atoms in total. The normalized spacial score (nSPS) is 25.1. The SMILES string of the molecule is O=C(C1CC(C(F)(F)F)Cc2nn(Cc3ccnc(C(F)(F)F)c3F)c(=O)n21)N1C[C@@H](F)[C@@H](F)C1. The molecule has 0 bridgehead atoms. The Balaban J connectivity index is 1.73. The summed E-state index contributed by atoms with van der Waals surface area (Å²) in [6, 6.07) is -0.971. The van der Waals surface area contributed by atoms with Crippen molar-refractivity contribution >= 4 is 5.91 Å². The van der Waals surface area contributed by atoms with Gasteiger partial charge in [-0.15, -0.1) is 0 Å². The van der Waals surface area contributed by atoms with E-state index in [1.807, 2.05) is 0 Å². The lowest BCUT2D eigenvalue weighted by molar-refractivity contribution is -0.183. The highest BCUT2D eigenvalue weighted by atomic mass is 19.4. The second-order valence-electron chi connectivity index (χ2n) is 8.33. The van der Waals surface area contributed by atoms with Crippen molar-refractivity contribution in [2.75, 3.05) is 13.1 Å². The summed E-state index contributed by atoms with van der Waals surface area (Å²) in [5.41, 5.74) is -3.70. The van der Waals surface area contributed by atoms with E-state index in [0.29, 0.717) is 20.3 Å². The second kappa shape index (κ2) is 8.55. The molecule has 0 saturated carbocycles. The van der Waals surface area contributed by atoms with Crippen LogP contribution in [0.15, 0.2) is 17.1 Å². The second-order valence-corrected chi connectivity index (χ2v) is 8.33. The topological polar surface area (TPSA) is 73.0 Å². The molecule has 1 saturated heterocycles. The molecule has 4 rings (SSSR count). The first-order valence-corrected chi connectivity index (χ1v) is 10.2. The first kappa shape index (κ1) is 25.0. The molecular weight excluding hydrogens is 501 g/mol. The van der Waals surface area contributed by atoms with E-state index in [9.17, 15) is 49.1 Å². The van der Waals surface area contributed by atoms with Gasteiger partial charge in [-0.2, -0.15) is 31.4 Å². The van der Waals surface area contributed by atoms with Crippen LogP contribution in [0.4, 0.5) is 39.5 Å². The van der Waals surface area contributed by atoms with Gasteiger partial charge in [0.1, 0.15) is 11.9 Å². The fraction of sp³-hybridized carbons (Fsp3) is 0.579. The maximum atomic E-state index is 14.4. The van der Waals surface area contributed by atoms with Gasteiger partial charge >= 0.3 is 18.0 Å². The molecule has 2 aliphatic rings. The number of fused-ring (bicyclic) bond motifs is 1. The predicted octanol–water partition coefficient (Wildman–Crippen LogP) is 2.83. The molecule has 0 aromatic carbocycles. The Labute approximate surface area is 190 Å². The molecule has 2 unspecified atom stereocenters. The highest BCUT2D eigenvalue weighted by Crippen LogP contribution is 2.39. The summed E-state index contributed by atoms with van der Waals surface area (Å²) in [5.74, 6) is -5.56. The van der Waals surface area contributed by atoms with Crippen molar-refractivity contribution in [3.8, 4) is 0 Å². The number of alkyl halides is 8. The lowest BCUT2D eigenvalue weighted by Crippen LogP contribution is -2.45. The fourth-order valence-corrected chi connectivity index (χ4v) is 4.24. The Kier molecular flexibility index (Phi) is 6.12. The molecule has 192 valence electrons. The molecular formula is C19H16F9N5O2. The molecule has 2 aromatic heterocycles. The van der Waals surface area contributed by atoms with E-state index in [1.165, 1.54) is 0 Å². The van der Waals surface area contributed by atoms with Crippen molar-refractivity contribution in [1.82, 2.24) is 24.2 Å². The van der Waals surface area contributed by atoms with Crippen molar-refractivity contribution in [3.05, 3.63) is 45.6 Å². The highest BCUT2D eigenvalue weighted by Gasteiger charge is 2.49. The minimum atomic E-state index is -5.14. The molecule has 0 N–H and O–H groups in total. The smallest absolute Gasteiger partial charge is 0.335 e. The standard InChI is InChI=1S/C19H16F9N5O2/c20-10-6-31(7-11(10)21)16(34)12-3-9(18(23,24)25)4-13-30-32(17(35)33(12)13)5-8-1-2-29-15(14(8)22)19(26,27)28/h1-2,9-12H,3-7H2/t9?,10-,11+,12?. The number of amides is 1. The van der Waals surface area contributed by atoms with E-state index in [0.717, 1.165) is 6.07 Å². The van der Waals surface area contributed by atoms with Gasteiger partial charge in [-0.1, -0.05) is 0 Å². The molecule has 2 aromatic rings. The van der Waals surface area contributed by atoms with Gasteiger partial charge < -0.3 is 4.90 Å². The van der Waals surface area contributed by atoms with Crippen LogP contribution < -0.4 is 5.69 Å². The van der Waals surface area contributed by atoms with E-state index in [4.69, 9.17) is 0 Å². The Morgan fingerprint density at radius 1 is 1.09 bits per heavy atom. The van der Waals surface area contributed by atoms with Crippen LogP contribution in [0, 0.1) is 11.7 Å². The molecule has 16 heteroatoms. The zero-order valence-corrected chi connectivity index (χ0v) is 17.5. The van der Waals surface area contributed by atoms with Crippen LogP contribution in [0.3, 0.4) is 0 Å². The van der Waals surface area contributed by atoms with Crippen molar-refractivity contribution in [3.63, 3.8) is 0 Å². The van der Waals surface area contributed by atoms with Crippen molar-refractivity contribution in [2.24, 2.45) is 5.92 Å². The summed E-state index contributed by atoms with van der Waals surface area (Å²) in [4.78, 5) is 29.4. The monoisotopic (exact) mass is 517 g/mol. The molecule has 35 heavy (non-hydrogen) atoms. The molecule has 4 atom stereocenters. The van der Waals surface area contributed by atoms with E-state index >= 15 is 0 Å². The molecule has 1 amide bonds. The number of rotatable bonds is 3. The number of aromatic nitrogens is 4. The lowest BCUT2D eigenvalue weighted by Gasteiger charge is -2.32. The largest absolute Gasteiger partial charge is 0.436 e. The Bertz CT molecular complexity index is 1180. The summed E-state index contributed by atoms with van der Waals surface area (Å²) >= 11 is 0. The van der Waals surface area contributed by atoms with Crippen molar-refractivity contribution in [2.45, 2.75) is 50.1 Å². The van der Waals surface area contributed by atoms with Gasteiger partial charge in [-0.3, -0.25) is 9.36 Å².